The van der Waals surface area contributed by atoms with Crippen LogP contribution in [0.25, 0.3) is 0 Å². The third-order valence-corrected chi connectivity index (χ3v) is 5.08. The number of rotatable bonds is 3. The second-order valence-electron chi connectivity index (χ2n) is 6.06. The Hall–Kier alpha value is -1.85. The van der Waals surface area contributed by atoms with E-state index >= 15 is 0 Å². The Labute approximate surface area is 160 Å². The molecule has 0 unspecified atom stereocenters. The topological polar surface area (TPSA) is 68.9 Å². The van der Waals surface area contributed by atoms with Gasteiger partial charge in [-0.3, -0.25) is 9.36 Å². The molecule has 0 fully saturated rings. The van der Waals surface area contributed by atoms with Gasteiger partial charge in [0, 0.05) is 16.5 Å². The summed E-state index contributed by atoms with van der Waals surface area (Å²) < 4.78 is 41.6. The molecule has 0 bridgehead atoms. The van der Waals surface area contributed by atoms with Gasteiger partial charge in [-0.2, -0.15) is 18.3 Å². The van der Waals surface area contributed by atoms with Crippen molar-refractivity contribution in [2.45, 2.75) is 44.9 Å². The smallest absolute Gasteiger partial charge is 0.323 e. The van der Waals surface area contributed by atoms with Gasteiger partial charge in [0.15, 0.2) is 0 Å². The molecule has 26 heavy (non-hydrogen) atoms. The maximum atomic E-state index is 12.8. The molecule has 1 N–H and O–H groups in total. The lowest BCUT2D eigenvalue weighted by molar-refractivity contribution is -0.137. The molecule has 0 radical (unpaired) electrons. The van der Waals surface area contributed by atoms with E-state index < -0.39 is 17.6 Å². The van der Waals surface area contributed by atoms with Gasteiger partial charge < -0.3 is 5.32 Å². The predicted octanol–water partition coefficient (Wildman–Crippen LogP) is 3.03. The van der Waals surface area contributed by atoms with Gasteiger partial charge in [-0.1, -0.05) is 6.42 Å². The zero-order valence-electron chi connectivity index (χ0n) is 13.6. The van der Waals surface area contributed by atoms with Crippen LogP contribution in [0, 0.1) is 3.57 Å². The van der Waals surface area contributed by atoms with Crippen LogP contribution in [0.1, 0.15) is 30.7 Å². The molecule has 0 saturated carbocycles. The van der Waals surface area contributed by atoms with Crippen LogP contribution < -0.4 is 11.0 Å². The number of hydrogen-bond donors (Lipinski definition) is 1. The minimum absolute atomic E-state index is 0.0549. The monoisotopic (exact) mass is 480 g/mol. The van der Waals surface area contributed by atoms with Crippen LogP contribution in [0.2, 0.25) is 0 Å². The Bertz CT molecular complexity index is 889. The zero-order chi connectivity index (χ0) is 18.9. The molecule has 1 aliphatic heterocycles. The summed E-state index contributed by atoms with van der Waals surface area (Å²) in [5, 5.41) is 6.63. The fraction of sp³-hybridized carbons (Fsp3) is 0.438. The van der Waals surface area contributed by atoms with Crippen LogP contribution in [-0.4, -0.2) is 20.3 Å². The van der Waals surface area contributed by atoms with E-state index in [2.05, 4.69) is 10.4 Å². The summed E-state index contributed by atoms with van der Waals surface area (Å²) in [7, 11) is 0. The molecular formula is C16H16F3IN4O2. The SMILES string of the molecule is O=C(Cn1nc2n(c1=O)CCCCC2)Nc1cc(C(F)(F)F)ccc1I. The lowest BCUT2D eigenvalue weighted by atomic mass is 10.2. The summed E-state index contributed by atoms with van der Waals surface area (Å²) in [4.78, 5) is 24.6. The minimum atomic E-state index is -4.50. The number of fused-ring (bicyclic) bond motifs is 1. The summed E-state index contributed by atoms with van der Waals surface area (Å²) in [5.41, 5.74) is -1.16. The second kappa shape index (κ2) is 7.41. The van der Waals surface area contributed by atoms with Crippen molar-refractivity contribution in [3.8, 4) is 0 Å². The number of amides is 1. The Balaban J connectivity index is 1.77. The van der Waals surface area contributed by atoms with Gasteiger partial charge in [0.25, 0.3) is 0 Å². The molecule has 6 nitrogen and oxygen atoms in total. The number of aryl methyl sites for hydroxylation is 1. The van der Waals surface area contributed by atoms with Gasteiger partial charge in [-0.25, -0.2) is 9.48 Å². The Morgan fingerprint density at radius 1 is 1.27 bits per heavy atom. The van der Waals surface area contributed by atoms with Gasteiger partial charge in [0.05, 0.1) is 11.3 Å². The molecule has 1 aliphatic rings. The maximum absolute atomic E-state index is 12.8. The quantitative estimate of drug-likeness (QED) is 0.688. The first kappa shape index (κ1) is 18.9. The minimum Gasteiger partial charge on any atom is -0.323 e. The van der Waals surface area contributed by atoms with E-state index in [9.17, 15) is 22.8 Å². The van der Waals surface area contributed by atoms with E-state index in [1.54, 1.807) is 4.57 Å². The summed E-state index contributed by atoms with van der Waals surface area (Å²) >= 11 is 1.84. The molecule has 0 atom stereocenters. The first-order valence-corrected chi connectivity index (χ1v) is 9.16. The van der Waals surface area contributed by atoms with E-state index in [0.29, 0.717) is 22.4 Å². The van der Waals surface area contributed by atoms with Crippen molar-refractivity contribution in [2.75, 3.05) is 5.32 Å². The fourth-order valence-corrected chi connectivity index (χ4v) is 3.32. The normalized spacial score (nSPS) is 14.6. The third-order valence-electron chi connectivity index (χ3n) is 4.14. The van der Waals surface area contributed by atoms with Crippen LogP contribution in [0.15, 0.2) is 23.0 Å². The van der Waals surface area contributed by atoms with Crippen molar-refractivity contribution in [2.24, 2.45) is 0 Å². The molecule has 0 aliphatic carbocycles. The van der Waals surface area contributed by atoms with E-state index in [1.165, 1.54) is 6.07 Å². The first-order valence-electron chi connectivity index (χ1n) is 8.09. The molecule has 1 aromatic carbocycles. The standard InChI is InChI=1S/C16H16F3IN4O2/c17-16(18,19)10-5-6-11(20)12(8-10)21-14(25)9-24-15(26)23-7-3-1-2-4-13(23)22-24/h5-6,8H,1-4,7,9H2,(H,21,25). The van der Waals surface area contributed by atoms with E-state index in [1.807, 2.05) is 22.6 Å². The van der Waals surface area contributed by atoms with Crippen molar-refractivity contribution < 1.29 is 18.0 Å². The molecule has 3 rings (SSSR count). The average Bonchev–Trinajstić information content (AvgIpc) is 2.74. The van der Waals surface area contributed by atoms with E-state index in [4.69, 9.17) is 0 Å². The van der Waals surface area contributed by atoms with Crippen LogP contribution in [0.5, 0.6) is 0 Å². The number of hydrogen-bond acceptors (Lipinski definition) is 3. The summed E-state index contributed by atoms with van der Waals surface area (Å²) in [6, 6.07) is 3.11. The van der Waals surface area contributed by atoms with Crippen molar-refractivity contribution in [1.29, 1.82) is 0 Å². The molecule has 2 aromatic rings. The number of halogens is 4. The molecule has 1 amide bonds. The maximum Gasteiger partial charge on any atom is 0.416 e. The number of nitrogens with zero attached hydrogens (tertiary/aromatic N) is 3. The second-order valence-corrected chi connectivity index (χ2v) is 7.22. The van der Waals surface area contributed by atoms with Crippen LogP contribution in [-0.2, 0) is 30.5 Å². The number of carbonyl (C=O) groups is 1. The van der Waals surface area contributed by atoms with Crippen molar-refractivity contribution in [1.82, 2.24) is 14.3 Å². The molecule has 1 aromatic heterocycles. The largest absolute Gasteiger partial charge is 0.416 e. The molecule has 10 heteroatoms. The predicted molar refractivity (Wildman–Crippen MR) is 96.8 cm³/mol. The number of carbonyl (C=O) groups excluding carboxylic acids is 1. The van der Waals surface area contributed by atoms with Crippen LogP contribution in [0.4, 0.5) is 18.9 Å². The van der Waals surface area contributed by atoms with Gasteiger partial charge in [0.2, 0.25) is 5.91 Å². The molecular weight excluding hydrogens is 464 g/mol. The molecule has 140 valence electrons. The van der Waals surface area contributed by atoms with Crippen LogP contribution in [0.3, 0.4) is 0 Å². The Morgan fingerprint density at radius 3 is 2.77 bits per heavy atom. The van der Waals surface area contributed by atoms with Gasteiger partial charge in [0.1, 0.15) is 12.4 Å². The highest BCUT2D eigenvalue weighted by molar-refractivity contribution is 14.1. The first-order chi connectivity index (χ1) is 12.3. The molecule has 0 spiro atoms. The highest BCUT2D eigenvalue weighted by Crippen LogP contribution is 2.32. The van der Waals surface area contributed by atoms with Crippen molar-refractivity contribution >= 4 is 34.2 Å². The fourth-order valence-electron chi connectivity index (χ4n) is 2.85. The van der Waals surface area contributed by atoms with Gasteiger partial charge in [-0.15, -0.1) is 0 Å². The Morgan fingerprint density at radius 2 is 2.04 bits per heavy atom. The highest BCUT2D eigenvalue weighted by atomic mass is 127. The summed E-state index contributed by atoms with van der Waals surface area (Å²) in [6.45, 7) is 0.229. The van der Waals surface area contributed by atoms with Crippen molar-refractivity contribution in [3.05, 3.63) is 43.6 Å². The Kier molecular flexibility index (Phi) is 5.39. The van der Waals surface area contributed by atoms with Crippen molar-refractivity contribution in [3.63, 3.8) is 0 Å². The number of aromatic nitrogens is 3. The lowest BCUT2D eigenvalue weighted by Gasteiger charge is -2.11. The summed E-state index contributed by atoms with van der Waals surface area (Å²) in [5.74, 6) is 0.0477. The van der Waals surface area contributed by atoms with Gasteiger partial charge in [-0.05, 0) is 53.6 Å². The number of alkyl halides is 3. The third kappa shape index (κ3) is 4.10. The van der Waals surface area contributed by atoms with Crippen LogP contribution >= 0.6 is 22.6 Å². The summed E-state index contributed by atoms with van der Waals surface area (Å²) in [6.07, 6.45) is -0.979. The molecule has 0 saturated heterocycles. The lowest BCUT2D eigenvalue weighted by Crippen LogP contribution is -2.30. The number of benzene rings is 1. The van der Waals surface area contributed by atoms with E-state index in [0.717, 1.165) is 36.1 Å². The van der Waals surface area contributed by atoms with Gasteiger partial charge >= 0.3 is 11.9 Å². The zero-order valence-corrected chi connectivity index (χ0v) is 15.8. The average molecular weight is 480 g/mol. The molecule has 2 heterocycles. The number of anilines is 1. The number of nitrogens with one attached hydrogen (secondary N) is 1. The highest BCUT2D eigenvalue weighted by Gasteiger charge is 2.31. The van der Waals surface area contributed by atoms with E-state index in [-0.39, 0.29) is 17.9 Å².